The van der Waals surface area contributed by atoms with Gasteiger partial charge in [-0.1, -0.05) is 31.7 Å². The summed E-state index contributed by atoms with van der Waals surface area (Å²) in [6.45, 7) is 3.32. The van der Waals surface area contributed by atoms with Gasteiger partial charge in [-0.15, -0.1) is 0 Å². The van der Waals surface area contributed by atoms with Crippen molar-refractivity contribution in [3.8, 4) is 28.3 Å². The van der Waals surface area contributed by atoms with Gasteiger partial charge in [0.05, 0.1) is 18.9 Å². The second kappa shape index (κ2) is 10.2. The van der Waals surface area contributed by atoms with E-state index in [0.717, 1.165) is 78.6 Å². The average molecular weight is 519 g/mol. The molecule has 198 valence electrons. The quantitative estimate of drug-likeness (QED) is 0.309. The molecular formula is C32H34N6O. The highest BCUT2D eigenvalue weighted by molar-refractivity contribution is 5.83. The predicted octanol–water partition coefficient (Wildman–Crippen LogP) is 5.96. The predicted molar refractivity (Wildman–Crippen MR) is 157 cm³/mol. The van der Waals surface area contributed by atoms with Crippen molar-refractivity contribution in [1.29, 1.82) is 0 Å². The molecule has 7 nitrogen and oxygen atoms in total. The van der Waals surface area contributed by atoms with E-state index in [4.69, 9.17) is 20.4 Å². The van der Waals surface area contributed by atoms with E-state index < -0.39 is 0 Å². The molecule has 5 aromatic rings. The number of benzene rings is 2. The van der Waals surface area contributed by atoms with Crippen LogP contribution < -0.4 is 10.6 Å². The van der Waals surface area contributed by atoms with E-state index in [1.807, 2.05) is 12.1 Å². The molecule has 2 N–H and O–H groups in total. The van der Waals surface area contributed by atoms with E-state index in [0.29, 0.717) is 0 Å². The van der Waals surface area contributed by atoms with E-state index in [9.17, 15) is 0 Å². The van der Waals surface area contributed by atoms with Gasteiger partial charge < -0.3 is 15.4 Å². The zero-order chi connectivity index (χ0) is 25.5. The molecule has 1 aliphatic heterocycles. The number of aromatic nitrogens is 4. The van der Waals surface area contributed by atoms with Crippen LogP contribution in [0.1, 0.15) is 32.3 Å². The van der Waals surface area contributed by atoms with Gasteiger partial charge in [0, 0.05) is 53.5 Å². The first-order valence-corrected chi connectivity index (χ1v) is 13.3. The molecule has 2 fully saturated rings. The van der Waals surface area contributed by atoms with Gasteiger partial charge in [-0.05, 0) is 73.4 Å². The second-order valence-corrected chi connectivity index (χ2v) is 10.3. The van der Waals surface area contributed by atoms with Crippen molar-refractivity contribution in [2.75, 3.05) is 31.2 Å². The van der Waals surface area contributed by atoms with Crippen LogP contribution in [-0.4, -0.2) is 45.8 Å². The van der Waals surface area contributed by atoms with Gasteiger partial charge in [0.25, 0.3) is 0 Å². The molecule has 1 saturated heterocycles. The van der Waals surface area contributed by atoms with Gasteiger partial charge in [0.1, 0.15) is 11.3 Å². The summed E-state index contributed by atoms with van der Waals surface area (Å²) >= 11 is 0. The number of ether oxygens (including phenoxy) is 1. The molecule has 7 rings (SSSR count). The van der Waals surface area contributed by atoms with E-state index in [1.165, 1.54) is 17.7 Å². The van der Waals surface area contributed by atoms with E-state index in [1.54, 1.807) is 12.4 Å². The molecular weight excluding hydrogens is 484 g/mol. The Morgan fingerprint density at radius 2 is 1.56 bits per heavy atom. The fraction of sp³-hybridized carbons (Fsp3) is 0.281. The lowest BCUT2D eigenvalue weighted by atomic mass is 9.73. The molecule has 4 heterocycles. The summed E-state index contributed by atoms with van der Waals surface area (Å²) in [7, 11) is 0. The number of nitrogens with two attached hydrogens (primary N) is 1. The minimum Gasteiger partial charge on any atom is -0.378 e. The van der Waals surface area contributed by atoms with Gasteiger partial charge in [-0.25, -0.2) is 9.97 Å². The number of morpholine rings is 1. The largest absolute Gasteiger partial charge is 0.378 e. The Balaban J connectivity index is 0.00000277. The van der Waals surface area contributed by atoms with E-state index in [2.05, 4.69) is 75.1 Å². The molecule has 1 saturated carbocycles. The highest BCUT2D eigenvalue weighted by atomic mass is 16.5. The van der Waals surface area contributed by atoms with Crippen molar-refractivity contribution in [2.24, 2.45) is 5.73 Å². The number of anilines is 1. The maximum absolute atomic E-state index is 6.61. The second-order valence-electron chi connectivity index (χ2n) is 10.3. The molecule has 7 heteroatoms. The topological polar surface area (TPSA) is 82.1 Å². The average Bonchev–Trinajstić information content (AvgIpc) is 3.36. The summed E-state index contributed by atoms with van der Waals surface area (Å²) in [5.41, 5.74) is 14.5. The van der Waals surface area contributed by atoms with Crippen molar-refractivity contribution < 1.29 is 4.74 Å². The Morgan fingerprint density at radius 3 is 2.28 bits per heavy atom. The Morgan fingerprint density at radius 1 is 0.795 bits per heavy atom. The maximum atomic E-state index is 6.61. The smallest absolute Gasteiger partial charge is 0.165 e. The van der Waals surface area contributed by atoms with Crippen molar-refractivity contribution >= 4 is 16.9 Å². The van der Waals surface area contributed by atoms with Crippen LogP contribution in [0.25, 0.3) is 39.5 Å². The minimum atomic E-state index is -0.194. The highest BCUT2D eigenvalue weighted by Gasteiger charge is 2.34. The fourth-order valence-corrected chi connectivity index (χ4v) is 5.53. The van der Waals surface area contributed by atoms with Crippen LogP contribution in [0.15, 0.2) is 85.2 Å². The Kier molecular flexibility index (Phi) is 6.62. The lowest BCUT2D eigenvalue weighted by Gasteiger charge is -2.38. The van der Waals surface area contributed by atoms with Gasteiger partial charge >= 0.3 is 0 Å². The number of rotatable bonds is 5. The highest BCUT2D eigenvalue weighted by Crippen LogP contribution is 2.39. The summed E-state index contributed by atoms with van der Waals surface area (Å²) < 4.78 is 7.69. The number of hydrogen-bond donors (Lipinski definition) is 1. The van der Waals surface area contributed by atoms with Crippen LogP contribution in [-0.2, 0) is 10.3 Å². The molecule has 39 heavy (non-hydrogen) atoms. The molecule has 0 amide bonds. The van der Waals surface area contributed by atoms with Crippen molar-refractivity contribution in [2.45, 2.75) is 32.2 Å². The summed E-state index contributed by atoms with van der Waals surface area (Å²) in [6, 6.07) is 25.3. The first-order chi connectivity index (χ1) is 18.7. The normalized spacial score (nSPS) is 16.5. The zero-order valence-electron chi connectivity index (χ0n) is 21.3. The Hall–Kier alpha value is -4.07. The first kappa shape index (κ1) is 25.2. The fourth-order valence-electron chi connectivity index (χ4n) is 5.53. The Bertz CT molecular complexity index is 1580. The number of pyridine rings is 2. The third-order valence-corrected chi connectivity index (χ3v) is 7.91. The SMILES string of the molecule is C.NC1(c2ccc(-n3c(-c4ccncc4)nc4ccc(-c5cccc(N6CCOCC6)c5)nc43)cc2)CCC1. The molecule has 0 spiro atoms. The van der Waals surface area contributed by atoms with Crippen molar-refractivity contribution in [1.82, 2.24) is 19.5 Å². The van der Waals surface area contributed by atoms with E-state index >= 15 is 0 Å². The molecule has 3 aromatic heterocycles. The molecule has 0 bridgehead atoms. The van der Waals surface area contributed by atoms with E-state index in [-0.39, 0.29) is 13.0 Å². The third-order valence-electron chi connectivity index (χ3n) is 7.91. The summed E-state index contributed by atoms with van der Waals surface area (Å²) in [5.74, 6) is 0.841. The van der Waals surface area contributed by atoms with Gasteiger partial charge in [0.15, 0.2) is 5.65 Å². The number of imidazole rings is 1. The number of nitrogens with zero attached hydrogens (tertiary/aromatic N) is 5. The Labute approximate surface area is 229 Å². The molecule has 2 aliphatic rings. The van der Waals surface area contributed by atoms with Crippen molar-refractivity contribution in [3.63, 3.8) is 0 Å². The zero-order valence-corrected chi connectivity index (χ0v) is 21.3. The lowest BCUT2D eigenvalue weighted by Crippen LogP contribution is -2.43. The molecule has 0 unspecified atom stereocenters. The van der Waals surface area contributed by atoms with Gasteiger partial charge in [0.2, 0.25) is 0 Å². The van der Waals surface area contributed by atoms with Gasteiger partial charge in [-0.3, -0.25) is 9.55 Å². The summed E-state index contributed by atoms with van der Waals surface area (Å²) in [5, 5.41) is 0. The van der Waals surface area contributed by atoms with Crippen LogP contribution in [0.2, 0.25) is 0 Å². The molecule has 2 aromatic carbocycles. The van der Waals surface area contributed by atoms with Gasteiger partial charge in [-0.2, -0.15) is 0 Å². The van der Waals surface area contributed by atoms with Crippen molar-refractivity contribution in [3.05, 3.63) is 90.8 Å². The lowest BCUT2D eigenvalue weighted by molar-refractivity contribution is 0.122. The summed E-state index contributed by atoms with van der Waals surface area (Å²) in [4.78, 5) is 16.7. The molecule has 0 atom stereocenters. The monoisotopic (exact) mass is 518 g/mol. The number of fused-ring (bicyclic) bond motifs is 1. The maximum Gasteiger partial charge on any atom is 0.165 e. The first-order valence-electron chi connectivity index (χ1n) is 13.3. The number of hydrogen-bond acceptors (Lipinski definition) is 6. The van der Waals surface area contributed by atoms with Crippen LogP contribution in [0.5, 0.6) is 0 Å². The van der Waals surface area contributed by atoms with Crippen LogP contribution in [0.3, 0.4) is 0 Å². The summed E-state index contributed by atoms with van der Waals surface area (Å²) in [6.07, 6.45) is 6.86. The van der Waals surface area contributed by atoms with Crippen LogP contribution in [0.4, 0.5) is 5.69 Å². The molecule has 1 aliphatic carbocycles. The molecule has 0 radical (unpaired) electrons. The van der Waals surface area contributed by atoms with Crippen LogP contribution in [0, 0.1) is 0 Å². The minimum absolute atomic E-state index is 0. The standard InChI is InChI=1S/C31H30N6O.CH4/c32-31(13-2-14-31)24-5-7-25(8-6-24)37-29(22-11-15-33-16-12-22)35-28-10-9-27(34-30(28)37)23-3-1-4-26(21-23)36-17-19-38-20-18-36;/h1,3-12,15-16,21H,2,13-14,17-20,32H2;1H4. The third kappa shape index (κ3) is 4.58. The van der Waals surface area contributed by atoms with Crippen LogP contribution >= 0.6 is 0 Å².